The Morgan fingerprint density at radius 1 is 0.571 bits per heavy atom. The van der Waals surface area contributed by atoms with E-state index < -0.39 is 0 Å². The van der Waals surface area contributed by atoms with Crippen LogP contribution in [0, 0.1) is 0 Å². The van der Waals surface area contributed by atoms with Gasteiger partial charge in [0.05, 0.1) is 0 Å². The Morgan fingerprint density at radius 3 is 2.31 bits per heavy atom. The monoisotopic (exact) mass is 465 g/mol. The zero-order valence-corrected chi connectivity index (χ0v) is 19.5. The Kier molecular flexibility index (Phi) is 3.85. The molecule has 0 saturated carbocycles. The van der Waals surface area contributed by atoms with E-state index in [0.29, 0.717) is 0 Å². The lowest BCUT2D eigenvalue weighted by molar-refractivity contribution is 0.670. The van der Waals surface area contributed by atoms with Gasteiger partial charge in [-0.3, -0.25) is 0 Å². The lowest BCUT2D eigenvalue weighted by Gasteiger charge is -2.12. The average molecular weight is 466 g/mol. The third-order valence-corrected chi connectivity index (χ3v) is 8.16. The number of nitrogens with one attached hydrogen (secondary N) is 1. The van der Waals surface area contributed by atoms with E-state index in [0.717, 1.165) is 44.4 Å². The minimum atomic E-state index is 0.925. The topological polar surface area (TPSA) is 25.2 Å². The summed E-state index contributed by atoms with van der Waals surface area (Å²) >= 11 is 1.86. The van der Waals surface area contributed by atoms with Crippen molar-refractivity contribution in [3.63, 3.8) is 0 Å². The summed E-state index contributed by atoms with van der Waals surface area (Å²) in [4.78, 5) is 0. The second kappa shape index (κ2) is 7.08. The van der Waals surface area contributed by atoms with E-state index in [1.54, 1.807) is 0 Å². The molecule has 0 fully saturated rings. The highest BCUT2D eigenvalue weighted by molar-refractivity contribution is 7.25. The van der Waals surface area contributed by atoms with Gasteiger partial charge in [0.25, 0.3) is 0 Å². The number of hydrogen-bond acceptors (Lipinski definition) is 3. The molecule has 2 nitrogen and oxygen atoms in total. The first-order valence-electron chi connectivity index (χ1n) is 11.8. The van der Waals surface area contributed by atoms with Crippen LogP contribution >= 0.6 is 11.3 Å². The molecule has 0 spiro atoms. The van der Waals surface area contributed by atoms with Crippen LogP contribution in [0.1, 0.15) is 11.1 Å². The summed E-state index contributed by atoms with van der Waals surface area (Å²) < 4.78 is 8.94. The van der Waals surface area contributed by atoms with Gasteiger partial charge >= 0.3 is 0 Å². The smallest absolute Gasteiger partial charge is 0.143 e. The molecule has 164 valence electrons. The molecule has 1 N–H and O–H groups in total. The molecule has 2 aromatic heterocycles. The molecule has 1 aliphatic rings. The number of para-hydroxylation sites is 2. The number of thiophene rings is 1. The first-order valence-corrected chi connectivity index (χ1v) is 12.6. The normalized spacial score (nSPS) is 12.7. The van der Waals surface area contributed by atoms with E-state index >= 15 is 0 Å². The van der Waals surface area contributed by atoms with Crippen LogP contribution in [0.3, 0.4) is 0 Å². The van der Waals surface area contributed by atoms with E-state index in [1.807, 2.05) is 23.5 Å². The Hall–Kier alpha value is -4.34. The van der Waals surface area contributed by atoms with Crippen molar-refractivity contribution < 1.29 is 4.42 Å². The summed E-state index contributed by atoms with van der Waals surface area (Å²) in [5.74, 6) is 0. The summed E-state index contributed by atoms with van der Waals surface area (Å²) in [6.45, 7) is 0. The molecule has 0 aliphatic carbocycles. The molecule has 0 saturated heterocycles. The maximum absolute atomic E-state index is 6.30. The van der Waals surface area contributed by atoms with Crippen LogP contribution in [0.2, 0.25) is 0 Å². The van der Waals surface area contributed by atoms with Crippen LogP contribution in [-0.4, -0.2) is 0 Å². The third-order valence-electron chi connectivity index (χ3n) is 7.03. The fraction of sp³-hybridized carbons (Fsp3) is 0. The van der Waals surface area contributed by atoms with Crippen molar-refractivity contribution in [2.75, 3.05) is 5.32 Å². The largest absolute Gasteiger partial charge is 0.455 e. The Labute approximate surface area is 205 Å². The number of benzene rings is 5. The Balaban J connectivity index is 1.27. The first kappa shape index (κ1) is 19.0. The highest BCUT2D eigenvalue weighted by Crippen LogP contribution is 2.41. The van der Waals surface area contributed by atoms with Gasteiger partial charge in [-0.2, -0.15) is 0 Å². The summed E-state index contributed by atoms with van der Waals surface area (Å²) in [5.41, 5.74) is 8.76. The summed E-state index contributed by atoms with van der Waals surface area (Å²) in [6.07, 6.45) is 4.44. The number of rotatable bonds is 1. The maximum atomic E-state index is 6.30. The van der Waals surface area contributed by atoms with Crippen LogP contribution in [0.15, 0.2) is 101 Å². The van der Waals surface area contributed by atoms with Gasteiger partial charge in [0.15, 0.2) is 0 Å². The minimum absolute atomic E-state index is 0.925. The second-order valence-corrected chi connectivity index (χ2v) is 10.2. The molecule has 5 aromatic carbocycles. The quantitative estimate of drug-likeness (QED) is 0.261. The highest BCUT2D eigenvalue weighted by atomic mass is 32.1. The van der Waals surface area contributed by atoms with E-state index in [2.05, 4.69) is 102 Å². The number of furan rings is 1. The SMILES string of the molecule is C1=Cc2cc3sc4ccccc4c3cc2Nc2ccc(-c3cccc4c3oc3ccccc34)cc21. The van der Waals surface area contributed by atoms with Gasteiger partial charge in [-0.1, -0.05) is 72.8 Å². The number of fused-ring (bicyclic) bond motifs is 8. The predicted octanol–water partition coefficient (Wildman–Crippen LogP) is 9.85. The molecule has 0 bridgehead atoms. The molecular formula is C32H19NOS. The molecular weight excluding hydrogens is 446 g/mol. The van der Waals surface area contributed by atoms with Crippen molar-refractivity contribution in [2.45, 2.75) is 0 Å². The predicted molar refractivity (Wildman–Crippen MR) is 151 cm³/mol. The van der Waals surface area contributed by atoms with Gasteiger partial charge in [-0.25, -0.2) is 0 Å². The van der Waals surface area contributed by atoms with Crippen LogP contribution in [0.5, 0.6) is 0 Å². The lowest BCUT2D eigenvalue weighted by atomic mass is 9.99. The Morgan fingerprint density at radius 2 is 1.37 bits per heavy atom. The summed E-state index contributed by atoms with van der Waals surface area (Å²) in [6, 6.07) is 34.5. The molecule has 0 unspecified atom stereocenters. The Bertz CT molecular complexity index is 1990. The van der Waals surface area contributed by atoms with Crippen LogP contribution in [0.4, 0.5) is 11.4 Å². The van der Waals surface area contributed by atoms with Gasteiger partial charge in [0.1, 0.15) is 11.2 Å². The molecule has 1 aliphatic heterocycles. The average Bonchev–Trinajstić information content (AvgIpc) is 3.40. The van der Waals surface area contributed by atoms with Gasteiger partial charge < -0.3 is 9.73 Å². The molecule has 3 heteroatoms. The summed E-state index contributed by atoms with van der Waals surface area (Å²) in [7, 11) is 0. The van der Waals surface area contributed by atoms with Gasteiger partial charge in [0.2, 0.25) is 0 Å². The molecule has 35 heavy (non-hydrogen) atoms. The first-order chi connectivity index (χ1) is 17.3. The maximum Gasteiger partial charge on any atom is 0.143 e. The zero-order chi connectivity index (χ0) is 22.9. The third kappa shape index (κ3) is 2.82. The van der Waals surface area contributed by atoms with Crippen molar-refractivity contribution in [2.24, 2.45) is 0 Å². The number of hydrogen-bond donors (Lipinski definition) is 1. The fourth-order valence-corrected chi connectivity index (χ4v) is 6.45. The fourth-order valence-electron chi connectivity index (χ4n) is 5.31. The standard InChI is InChI=1S/C32H19NOS/c1-3-10-29-23(6-1)25-9-5-8-22(32(25)34-29)19-14-15-27-20(16-19)12-13-21-17-31-26(18-28(21)33-27)24-7-2-4-11-30(24)35-31/h1-18,33H. The number of anilines is 2. The van der Waals surface area contributed by atoms with Crippen molar-refractivity contribution in [1.82, 2.24) is 0 Å². The van der Waals surface area contributed by atoms with Crippen molar-refractivity contribution in [1.29, 1.82) is 0 Å². The second-order valence-electron chi connectivity index (χ2n) is 9.07. The molecule has 0 amide bonds. The molecule has 7 aromatic rings. The lowest BCUT2D eigenvalue weighted by Crippen LogP contribution is -1.94. The van der Waals surface area contributed by atoms with E-state index in [9.17, 15) is 0 Å². The van der Waals surface area contributed by atoms with Crippen LogP contribution in [-0.2, 0) is 0 Å². The van der Waals surface area contributed by atoms with Gasteiger partial charge in [-0.05, 0) is 53.1 Å². The molecule has 8 rings (SSSR count). The van der Waals surface area contributed by atoms with Crippen molar-refractivity contribution in [3.05, 3.63) is 108 Å². The van der Waals surface area contributed by atoms with Crippen molar-refractivity contribution in [3.8, 4) is 11.1 Å². The molecule has 0 radical (unpaired) electrons. The van der Waals surface area contributed by atoms with Crippen LogP contribution in [0.25, 0.3) is 65.4 Å². The molecule has 0 atom stereocenters. The van der Waals surface area contributed by atoms with Gasteiger partial charge in [-0.15, -0.1) is 11.3 Å². The van der Waals surface area contributed by atoms with Crippen LogP contribution < -0.4 is 5.32 Å². The van der Waals surface area contributed by atoms with E-state index in [-0.39, 0.29) is 0 Å². The minimum Gasteiger partial charge on any atom is -0.455 e. The van der Waals surface area contributed by atoms with E-state index in [4.69, 9.17) is 4.42 Å². The highest BCUT2D eigenvalue weighted by Gasteiger charge is 2.16. The molecule has 3 heterocycles. The van der Waals surface area contributed by atoms with Gasteiger partial charge in [0, 0.05) is 47.9 Å². The van der Waals surface area contributed by atoms with E-state index in [1.165, 1.54) is 31.3 Å². The summed E-state index contributed by atoms with van der Waals surface area (Å²) in [5, 5.41) is 8.64. The van der Waals surface area contributed by atoms with Crippen molar-refractivity contribution >= 4 is 77.0 Å². The zero-order valence-electron chi connectivity index (χ0n) is 18.7.